The Morgan fingerprint density at radius 1 is 1.30 bits per heavy atom. The quantitative estimate of drug-likeness (QED) is 0.636. The third-order valence-electron chi connectivity index (χ3n) is 1.12. The van der Waals surface area contributed by atoms with Gasteiger partial charge in [0.05, 0.1) is 0 Å². The van der Waals surface area contributed by atoms with Gasteiger partial charge >= 0.3 is 0 Å². The summed E-state index contributed by atoms with van der Waals surface area (Å²) in [6, 6.07) is 3.58. The van der Waals surface area contributed by atoms with Crippen LogP contribution in [0.4, 0.5) is 8.78 Å². The van der Waals surface area contributed by atoms with Gasteiger partial charge in [-0.25, -0.2) is 8.78 Å². The molecule has 0 fully saturated rings. The van der Waals surface area contributed by atoms with Crippen LogP contribution >= 0.6 is 0 Å². The van der Waals surface area contributed by atoms with Crippen LogP contribution in [0.15, 0.2) is 18.2 Å². The second-order valence-electron chi connectivity index (χ2n) is 1.77. The minimum atomic E-state index is -1.02. The second-order valence-corrected chi connectivity index (χ2v) is 1.77. The molecule has 0 spiro atoms. The number of rotatable bonds is 1. The maximum atomic E-state index is 12.4. The van der Waals surface area contributed by atoms with E-state index < -0.39 is 11.6 Å². The fraction of sp³-hybridized carbons (Fsp3) is 0. The lowest BCUT2D eigenvalue weighted by Crippen LogP contribution is -1.90. The molecule has 1 rings (SSSR count). The number of halogens is 2. The van der Waals surface area contributed by atoms with Gasteiger partial charge in [0.2, 0.25) is 0 Å². The first-order valence-corrected chi connectivity index (χ1v) is 2.67. The molecule has 3 heteroatoms. The smallest absolute Gasteiger partial charge is 0.164 e. The standard InChI is InChI=1S/C7H5F2O/c8-6-3-1-2-5(4-10)7(6)9/h1-4,10H. The highest BCUT2D eigenvalue weighted by Gasteiger charge is 2.04. The number of hydrogen-bond donors (Lipinski definition) is 1. The first-order valence-electron chi connectivity index (χ1n) is 2.67. The Morgan fingerprint density at radius 2 is 2.00 bits per heavy atom. The highest BCUT2D eigenvalue weighted by atomic mass is 19.2. The molecule has 1 radical (unpaired) electrons. The third kappa shape index (κ3) is 1.14. The Balaban J connectivity index is 3.14. The van der Waals surface area contributed by atoms with E-state index in [1.165, 1.54) is 12.1 Å². The van der Waals surface area contributed by atoms with Crippen LogP contribution in [0, 0.1) is 18.2 Å². The molecule has 1 aromatic rings. The molecule has 0 saturated carbocycles. The molecule has 53 valence electrons. The third-order valence-corrected chi connectivity index (χ3v) is 1.12. The summed E-state index contributed by atoms with van der Waals surface area (Å²) in [4.78, 5) is 0. The van der Waals surface area contributed by atoms with Crippen molar-refractivity contribution in [3.8, 4) is 0 Å². The maximum absolute atomic E-state index is 12.4. The van der Waals surface area contributed by atoms with Gasteiger partial charge < -0.3 is 5.11 Å². The predicted molar refractivity (Wildman–Crippen MR) is 31.7 cm³/mol. The molecule has 1 nitrogen and oxygen atoms in total. The van der Waals surface area contributed by atoms with Crippen molar-refractivity contribution >= 4 is 0 Å². The summed E-state index contributed by atoms with van der Waals surface area (Å²) in [6.07, 6.45) is 0. The van der Waals surface area contributed by atoms with Crippen LogP contribution in [-0.2, 0) is 0 Å². The van der Waals surface area contributed by atoms with Crippen LogP contribution in [-0.4, -0.2) is 5.11 Å². The molecule has 0 aliphatic rings. The zero-order chi connectivity index (χ0) is 7.56. The van der Waals surface area contributed by atoms with Crippen molar-refractivity contribution in [3.05, 3.63) is 42.0 Å². The molecule has 0 aliphatic carbocycles. The van der Waals surface area contributed by atoms with Gasteiger partial charge in [0.1, 0.15) is 6.61 Å². The van der Waals surface area contributed by atoms with E-state index in [4.69, 9.17) is 5.11 Å². The molecule has 1 N–H and O–H groups in total. The fourth-order valence-electron chi connectivity index (χ4n) is 0.620. The molecular weight excluding hydrogens is 138 g/mol. The van der Waals surface area contributed by atoms with E-state index in [0.29, 0.717) is 6.61 Å². The van der Waals surface area contributed by atoms with E-state index in [2.05, 4.69) is 0 Å². The van der Waals surface area contributed by atoms with Crippen LogP contribution < -0.4 is 0 Å². The summed E-state index contributed by atoms with van der Waals surface area (Å²) in [5.41, 5.74) is -0.139. The second kappa shape index (κ2) is 2.75. The Kier molecular flexibility index (Phi) is 1.97. The number of benzene rings is 1. The lowest BCUT2D eigenvalue weighted by Gasteiger charge is -1.96. The van der Waals surface area contributed by atoms with Crippen molar-refractivity contribution in [2.45, 2.75) is 0 Å². The van der Waals surface area contributed by atoms with Crippen LogP contribution in [0.3, 0.4) is 0 Å². The van der Waals surface area contributed by atoms with Gasteiger partial charge in [-0.2, -0.15) is 0 Å². The first kappa shape index (κ1) is 7.15. The van der Waals surface area contributed by atoms with Crippen molar-refractivity contribution in [3.63, 3.8) is 0 Å². The van der Waals surface area contributed by atoms with Crippen LogP contribution in [0.1, 0.15) is 5.56 Å². The van der Waals surface area contributed by atoms with Crippen molar-refractivity contribution in [2.24, 2.45) is 0 Å². The first-order chi connectivity index (χ1) is 4.75. The Labute approximate surface area is 56.9 Å². The lowest BCUT2D eigenvalue weighted by atomic mass is 10.2. The SMILES string of the molecule is O[CH]c1cccc(F)c1F. The lowest BCUT2D eigenvalue weighted by molar-refractivity contribution is 0.401. The highest BCUT2D eigenvalue weighted by molar-refractivity contribution is 5.22. The molecule has 0 amide bonds. The van der Waals surface area contributed by atoms with Gasteiger partial charge in [0.25, 0.3) is 0 Å². The zero-order valence-electron chi connectivity index (χ0n) is 5.01. The molecule has 0 atom stereocenters. The summed E-state index contributed by atoms with van der Waals surface area (Å²) >= 11 is 0. The summed E-state index contributed by atoms with van der Waals surface area (Å²) in [7, 11) is 0. The van der Waals surface area contributed by atoms with Gasteiger partial charge in [-0.3, -0.25) is 0 Å². The monoisotopic (exact) mass is 143 g/mol. The summed E-state index contributed by atoms with van der Waals surface area (Å²) < 4.78 is 24.7. The van der Waals surface area contributed by atoms with Crippen molar-refractivity contribution in [1.82, 2.24) is 0 Å². The van der Waals surface area contributed by atoms with Crippen molar-refractivity contribution < 1.29 is 13.9 Å². The Bertz CT molecular complexity index is 235. The molecular formula is C7H5F2O. The molecule has 0 heterocycles. The van der Waals surface area contributed by atoms with Crippen molar-refractivity contribution in [2.75, 3.05) is 0 Å². The number of aliphatic hydroxyl groups excluding tert-OH is 1. The average Bonchev–Trinajstić information content (AvgIpc) is 1.95. The van der Waals surface area contributed by atoms with Crippen LogP contribution in [0.5, 0.6) is 0 Å². The Morgan fingerprint density at radius 3 is 2.50 bits per heavy atom. The van der Waals surface area contributed by atoms with Gasteiger partial charge in [0.15, 0.2) is 11.6 Å². The predicted octanol–water partition coefficient (Wildman–Crippen LogP) is 1.85. The van der Waals surface area contributed by atoms with E-state index in [9.17, 15) is 8.78 Å². The maximum Gasteiger partial charge on any atom is 0.164 e. The van der Waals surface area contributed by atoms with Crippen LogP contribution in [0.2, 0.25) is 0 Å². The molecule has 10 heavy (non-hydrogen) atoms. The number of hydrogen-bond acceptors (Lipinski definition) is 1. The molecule has 0 bridgehead atoms. The van der Waals surface area contributed by atoms with E-state index in [1.54, 1.807) is 0 Å². The highest BCUT2D eigenvalue weighted by Crippen LogP contribution is 2.11. The molecule has 1 aromatic carbocycles. The summed E-state index contributed by atoms with van der Waals surface area (Å²) in [5.74, 6) is -1.98. The summed E-state index contributed by atoms with van der Waals surface area (Å²) in [5, 5.41) is 8.31. The van der Waals surface area contributed by atoms with E-state index in [0.717, 1.165) is 6.07 Å². The topological polar surface area (TPSA) is 20.2 Å². The largest absolute Gasteiger partial charge is 0.385 e. The fourth-order valence-corrected chi connectivity index (χ4v) is 0.620. The summed E-state index contributed by atoms with van der Waals surface area (Å²) in [6.45, 7) is 0.526. The molecule has 0 saturated heterocycles. The minimum Gasteiger partial charge on any atom is -0.385 e. The van der Waals surface area contributed by atoms with E-state index in [-0.39, 0.29) is 5.56 Å². The minimum absolute atomic E-state index is 0.139. The van der Waals surface area contributed by atoms with Gasteiger partial charge in [-0.15, -0.1) is 0 Å². The van der Waals surface area contributed by atoms with Crippen LogP contribution in [0.25, 0.3) is 0 Å². The van der Waals surface area contributed by atoms with Gasteiger partial charge in [0, 0.05) is 5.56 Å². The molecule has 0 unspecified atom stereocenters. The molecule has 0 aliphatic heterocycles. The van der Waals surface area contributed by atoms with E-state index in [1.807, 2.05) is 0 Å². The molecule has 0 aromatic heterocycles. The van der Waals surface area contributed by atoms with Crippen molar-refractivity contribution in [1.29, 1.82) is 0 Å². The average molecular weight is 143 g/mol. The van der Waals surface area contributed by atoms with E-state index >= 15 is 0 Å². The van der Waals surface area contributed by atoms with Gasteiger partial charge in [-0.05, 0) is 6.07 Å². The normalized spacial score (nSPS) is 9.90. The Hall–Kier alpha value is -0.960. The van der Waals surface area contributed by atoms with Gasteiger partial charge in [-0.1, -0.05) is 12.1 Å². The number of aliphatic hydroxyl groups is 1. The zero-order valence-corrected chi connectivity index (χ0v) is 5.01.